The zero-order valence-electron chi connectivity index (χ0n) is 14.9. The molecule has 2 aromatic carbocycles. The zero-order valence-corrected chi connectivity index (χ0v) is 16.5. The number of urea groups is 1. The SMILES string of the molecule is C[NH+]1CCN(S(=O)(=O)c2ccc(NC(=O)Nc3cccc(Cl)c3)cc2)CC1. The molecule has 7 nitrogen and oxygen atoms in total. The van der Waals surface area contributed by atoms with Gasteiger partial charge in [-0.1, -0.05) is 17.7 Å². The van der Waals surface area contributed by atoms with E-state index in [1.54, 1.807) is 36.4 Å². The van der Waals surface area contributed by atoms with Crippen LogP contribution in [0.25, 0.3) is 0 Å². The van der Waals surface area contributed by atoms with E-state index in [0.717, 1.165) is 13.1 Å². The number of sulfonamides is 1. The lowest BCUT2D eigenvalue weighted by Gasteiger charge is -2.29. The minimum Gasteiger partial charge on any atom is -0.335 e. The van der Waals surface area contributed by atoms with E-state index >= 15 is 0 Å². The molecule has 2 aromatic rings. The monoisotopic (exact) mass is 409 g/mol. The van der Waals surface area contributed by atoms with Crippen LogP contribution in [-0.2, 0) is 10.0 Å². The molecule has 1 aliphatic rings. The van der Waals surface area contributed by atoms with Crippen molar-refractivity contribution in [3.05, 3.63) is 53.6 Å². The molecule has 144 valence electrons. The third-order valence-electron chi connectivity index (χ3n) is 4.41. The maximum Gasteiger partial charge on any atom is 0.323 e. The fraction of sp³-hybridized carbons (Fsp3) is 0.278. The molecular weight excluding hydrogens is 388 g/mol. The maximum absolute atomic E-state index is 12.7. The lowest BCUT2D eigenvalue weighted by atomic mass is 10.3. The van der Waals surface area contributed by atoms with Gasteiger partial charge in [0.25, 0.3) is 0 Å². The number of piperazine rings is 1. The molecular formula is C18H22ClN4O3S+. The van der Waals surface area contributed by atoms with E-state index in [0.29, 0.717) is 29.5 Å². The fourth-order valence-corrected chi connectivity index (χ4v) is 4.46. The number of benzene rings is 2. The molecule has 0 bridgehead atoms. The molecule has 2 amide bonds. The molecule has 1 saturated heterocycles. The highest BCUT2D eigenvalue weighted by molar-refractivity contribution is 7.89. The number of carbonyl (C=O) groups excluding carboxylic acids is 1. The van der Waals surface area contributed by atoms with Gasteiger partial charge in [0.15, 0.2) is 0 Å². The number of nitrogens with zero attached hydrogens (tertiary/aromatic N) is 1. The van der Waals surface area contributed by atoms with Crippen molar-refractivity contribution < 1.29 is 18.1 Å². The standard InChI is InChI=1S/C18H21ClN4O3S/c1-22-9-11-23(12-10-22)27(25,26)17-7-5-15(6-8-17)20-18(24)21-16-4-2-3-14(19)13-16/h2-8,13H,9-12H2,1H3,(H2,20,21,24)/p+1. The molecule has 0 aliphatic carbocycles. The van der Waals surface area contributed by atoms with Gasteiger partial charge >= 0.3 is 6.03 Å². The first-order valence-corrected chi connectivity index (χ1v) is 10.4. The van der Waals surface area contributed by atoms with Gasteiger partial charge in [0.2, 0.25) is 10.0 Å². The summed E-state index contributed by atoms with van der Waals surface area (Å²) in [6, 6.07) is 12.5. The van der Waals surface area contributed by atoms with Gasteiger partial charge in [-0.3, -0.25) is 0 Å². The number of rotatable bonds is 4. The highest BCUT2D eigenvalue weighted by atomic mass is 35.5. The van der Waals surface area contributed by atoms with Crippen LogP contribution in [0.4, 0.5) is 16.2 Å². The summed E-state index contributed by atoms with van der Waals surface area (Å²) < 4.78 is 26.9. The number of carbonyl (C=O) groups is 1. The number of nitrogens with one attached hydrogen (secondary N) is 3. The molecule has 3 N–H and O–H groups in total. The van der Waals surface area contributed by atoms with Gasteiger partial charge in [-0.15, -0.1) is 0 Å². The Balaban J connectivity index is 1.63. The van der Waals surface area contributed by atoms with E-state index in [4.69, 9.17) is 11.6 Å². The highest BCUT2D eigenvalue weighted by Gasteiger charge is 2.28. The second-order valence-electron chi connectivity index (χ2n) is 6.48. The molecule has 1 aliphatic heterocycles. The van der Waals surface area contributed by atoms with Crippen molar-refractivity contribution in [3.8, 4) is 0 Å². The van der Waals surface area contributed by atoms with E-state index in [2.05, 4.69) is 17.7 Å². The van der Waals surface area contributed by atoms with E-state index < -0.39 is 16.1 Å². The Morgan fingerprint density at radius 1 is 1.04 bits per heavy atom. The predicted molar refractivity (Wildman–Crippen MR) is 106 cm³/mol. The van der Waals surface area contributed by atoms with Crippen LogP contribution in [-0.4, -0.2) is 52.0 Å². The van der Waals surface area contributed by atoms with Gasteiger partial charge < -0.3 is 15.5 Å². The molecule has 0 saturated carbocycles. The number of amides is 2. The fourth-order valence-electron chi connectivity index (χ4n) is 2.83. The summed E-state index contributed by atoms with van der Waals surface area (Å²) in [5.41, 5.74) is 1.06. The smallest absolute Gasteiger partial charge is 0.323 e. The number of halogens is 1. The topological polar surface area (TPSA) is 83.0 Å². The van der Waals surface area contributed by atoms with Gasteiger partial charge in [-0.2, -0.15) is 4.31 Å². The van der Waals surface area contributed by atoms with Crippen molar-refractivity contribution in [2.45, 2.75) is 4.90 Å². The first-order valence-electron chi connectivity index (χ1n) is 8.60. The van der Waals surface area contributed by atoms with Gasteiger partial charge in [-0.05, 0) is 42.5 Å². The summed E-state index contributed by atoms with van der Waals surface area (Å²) >= 11 is 5.89. The van der Waals surface area contributed by atoms with E-state index in [1.165, 1.54) is 21.3 Å². The molecule has 9 heteroatoms. The van der Waals surface area contributed by atoms with Crippen molar-refractivity contribution in [1.82, 2.24) is 4.31 Å². The molecule has 1 fully saturated rings. The van der Waals surface area contributed by atoms with Crippen LogP contribution < -0.4 is 15.5 Å². The summed E-state index contributed by atoms with van der Waals surface area (Å²) in [4.78, 5) is 13.6. The van der Waals surface area contributed by atoms with Gasteiger partial charge in [-0.25, -0.2) is 13.2 Å². The Kier molecular flexibility index (Phi) is 6.01. The molecule has 0 atom stereocenters. The Bertz CT molecular complexity index is 910. The number of quaternary nitrogens is 1. The van der Waals surface area contributed by atoms with Crippen LogP contribution in [0.2, 0.25) is 5.02 Å². The summed E-state index contributed by atoms with van der Waals surface area (Å²) in [6.07, 6.45) is 0. The molecule has 0 spiro atoms. The normalized spacial score (nSPS) is 16.1. The third kappa shape index (κ3) is 4.98. The minimum absolute atomic E-state index is 0.225. The number of hydrogen-bond donors (Lipinski definition) is 3. The minimum atomic E-state index is -3.51. The maximum atomic E-state index is 12.7. The van der Waals surface area contributed by atoms with Gasteiger partial charge in [0.1, 0.15) is 0 Å². The van der Waals surface area contributed by atoms with Crippen LogP contribution in [0.3, 0.4) is 0 Å². The number of anilines is 2. The van der Waals surface area contributed by atoms with Crippen LogP contribution in [0.1, 0.15) is 0 Å². The van der Waals surface area contributed by atoms with Crippen molar-refractivity contribution in [2.75, 3.05) is 43.9 Å². The number of hydrogen-bond acceptors (Lipinski definition) is 3. The zero-order chi connectivity index (χ0) is 19.4. The molecule has 0 aromatic heterocycles. The molecule has 3 rings (SSSR count). The number of likely N-dealkylation sites (N-methyl/N-ethyl adjacent to an activating group) is 1. The van der Waals surface area contributed by atoms with E-state index in [9.17, 15) is 13.2 Å². The molecule has 1 heterocycles. The average molecular weight is 410 g/mol. The highest BCUT2D eigenvalue weighted by Crippen LogP contribution is 2.19. The largest absolute Gasteiger partial charge is 0.335 e. The van der Waals surface area contributed by atoms with Crippen LogP contribution in [0.15, 0.2) is 53.4 Å². The second kappa shape index (κ2) is 8.26. The second-order valence-corrected chi connectivity index (χ2v) is 8.85. The van der Waals surface area contributed by atoms with Crippen molar-refractivity contribution in [3.63, 3.8) is 0 Å². The lowest BCUT2D eigenvalue weighted by molar-refractivity contribution is -0.883. The summed E-state index contributed by atoms with van der Waals surface area (Å²) in [5.74, 6) is 0. The lowest BCUT2D eigenvalue weighted by Crippen LogP contribution is -3.12. The van der Waals surface area contributed by atoms with Crippen LogP contribution in [0.5, 0.6) is 0 Å². The third-order valence-corrected chi connectivity index (χ3v) is 6.56. The molecule has 0 radical (unpaired) electrons. The Morgan fingerprint density at radius 3 is 2.30 bits per heavy atom. The van der Waals surface area contributed by atoms with E-state index in [-0.39, 0.29) is 4.90 Å². The quantitative estimate of drug-likeness (QED) is 0.715. The Labute approximate surface area is 164 Å². The Hall–Kier alpha value is -2.13. The first kappa shape index (κ1) is 19.6. The molecule has 27 heavy (non-hydrogen) atoms. The predicted octanol–water partition coefficient (Wildman–Crippen LogP) is 1.50. The van der Waals surface area contributed by atoms with Gasteiger partial charge in [0, 0.05) is 16.4 Å². The summed E-state index contributed by atoms with van der Waals surface area (Å²) in [5, 5.41) is 5.86. The van der Waals surface area contributed by atoms with E-state index in [1.807, 2.05) is 0 Å². The van der Waals surface area contributed by atoms with Crippen LogP contribution in [0, 0.1) is 0 Å². The summed E-state index contributed by atoms with van der Waals surface area (Å²) in [7, 11) is -1.45. The van der Waals surface area contributed by atoms with Crippen molar-refractivity contribution >= 4 is 39.0 Å². The van der Waals surface area contributed by atoms with Gasteiger partial charge in [0.05, 0.1) is 38.1 Å². The average Bonchev–Trinajstić information content (AvgIpc) is 2.62. The van der Waals surface area contributed by atoms with Crippen LogP contribution >= 0.6 is 11.6 Å². The Morgan fingerprint density at radius 2 is 1.67 bits per heavy atom. The van der Waals surface area contributed by atoms with Crippen molar-refractivity contribution in [1.29, 1.82) is 0 Å². The summed E-state index contributed by atoms with van der Waals surface area (Å²) in [6.45, 7) is 2.61. The first-order chi connectivity index (χ1) is 12.8. The molecule has 0 unspecified atom stereocenters. The van der Waals surface area contributed by atoms with Crippen molar-refractivity contribution in [2.24, 2.45) is 0 Å².